The van der Waals surface area contributed by atoms with Crippen LogP contribution in [0.2, 0.25) is 0 Å². The number of benzene rings is 1. The molecule has 0 saturated carbocycles. The van der Waals surface area contributed by atoms with Crippen LogP contribution >= 0.6 is 0 Å². The normalized spacial score (nSPS) is 13.3. The van der Waals surface area contributed by atoms with E-state index in [0.29, 0.717) is 0 Å². The smallest absolute Gasteiger partial charge is 0.246 e. The van der Waals surface area contributed by atoms with Crippen LogP contribution in [0, 0.1) is 13.8 Å². The molecule has 4 nitrogen and oxygen atoms in total. The zero-order chi connectivity index (χ0) is 14.1. The lowest BCUT2D eigenvalue weighted by Crippen LogP contribution is -2.20. The summed E-state index contributed by atoms with van der Waals surface area (Å²) < 4.78 is 1.73. The Labute approximate surface area is 118 Å². The molecule has 0 saturated heterocycles. The van der Waals surface area contributed by atoms with Gasteiger partial charge in [0.25, 0.3) is 0 Å². The molecular weight excluding hydrogens is 250 g/mol. The minimum absolute atomic E-state index is 0.0332. The molecule has 20 heavy (non-hydrogen) atoms. The summed E-state index contributed by atoms with van der Waals surface area (Å²) >= 11 is 0. The molecule has 1 aliphatic rings. The quantitative estimate of drug-likeness (QED) is 0.931. The van der Waals surface area contributed by atoms with Gasteiger partial charge in [-0.25, -0.2) is 0 Å². The molecule has 1 aromatic carbocycles. The largest absolute Gasteiger partial charge is 0.324 e. The molecule has 0 radical (unpaired) electrons. The minimum atomic E-state index is -0.0332. The fourth-order valence-corrected chi connectivity index (χ4v) is 2.82. The molecule has 4 heteroatoms. The zero-order valence-electron chi connectivity index (χ0n) is 11.9. The van der Waals surface area contributed by atoms with Gasteiger partial charge in [-0.1, -0.05) is 6.07 Å². The summed E-state index contributed by atoms with van der Waals surface area (Å²) in [7, 11) is 0. The van der Waals surface area contributed by atoms with E-state index in [2.05, 4.69) is 22.5 Å². The summed E-state index contributed by atoms with van der Waals surface area (Å²) in [5.74, 6) is -0.0332. The number of aryl methyl sites for hydroxylation is 4. The molecule has 2 aromatic rings. The fourth-order valence-electron chi connectivity index (χ4n) is 2.82. The molecule has 0 spiro atoms. The average Bonchev–Trinajstić information content (AvgIpc) is 2.96. The molecule has 1 heterocycles. The predicted octanol–water partition coefficient (Wildman–Crippen LogP) is 2.63. The molecule has 3 rings (SSSR count). The molecular formula is C16H19N3O. The molecule has 1 aromatic heterocycles. The predicted molar refractivity (Wildman–Crippen MR) is 78.8 cm³/mol. The molecule has 1 aliphatic carbocycles. The first-order valence-corrected chi connectivity index (χ1v) is 7.04. The van der Waals surface area contributed by atoms with Crippen molar-refractivity contribution in [2.24, 2.45) is 0 Å². The van der Waals surface area contributed by atoms with Crippen LogP contribution in [0.25, 0.3) is 0 Å². The minimum Gasteiger partial charge on any atom is -0.324 e. The Bertz CT molecular complexity index is 658. The van der Waals surface area contributed by atoms with Crippen molar-refractivity contribution in [3.63, 3.8) is 0 Å². The maximum Gasteiger partial charge on any atom is 0.246 e. The number of nitrogens with one attached hydrogen (secondary N) is 1. The van der Waals surface area contributed by atoms with Crippen molar-refractivity contribution in [1.82, 2.24) is 9.78 Å². The van der Waals surface area contributed by atoms with E-state index in [-0.39, 0.29) is 12.5 Å². The van der Waals surface area contributed by atoms with E-state index in [1.54, 1.807) is 4.68 Å². The Morgan fingerprint density at radius 1 is 1.25 bits per heavy atom. The van der Waals surface area contributed by atoms with Crippen LogP contribution in [-0.4, -0.2) is 15.7 Å². The van der Waals surface area contributed by atoms with Crippen LogP contribution < -0.4 is 5.32 Å². The van der Waals surface area contributed by atoms with E-state index in [9.17, 15) is 4.79 Å². The van der Waals surface area contributed by atoms with Gasteiger partial charge in [-0.2, -0.15) is 5.10 Å². The summed E-state index contributed by atoms with van der Waals surface area (Å²) in [4.78, 5) is 12.1. The van der Waals surface area contributed by atoms with Crippen LogP contribution in [-0.2, 0) is 24.2 Å². The monoisotopic (exact) mass is 269 g/mol. The number of hydrogen-bond acceptors (Lipinski definition) is 2. The van der Waals surface area contributed by atoms with Gasteiger partial charge in [0.05, 0.1) is 5.69 Å². The number of nitrogens with zero attached hydrogens (tertiary/aromatic N) is 2. The third-order valence-electron chi connectivity index (χ3n) is 3.78. The maximum absolute atomic E-state index is 12.1. The van der Waals surface area contributed by atoms with Crippen molar-refractivity contribution < 1.29 is 4.79 Å². The first-order chi connectivity index (χ1) is 9.61. The second-order valence-corrected chi connectivity index (χ2v) is 5.47. The van der Waals surface area contributed by atoms with Gasteiger partial charge in [0.15, 0.2) is 0 Å². The third kappa shape index (κ3) is 2.59. The van der Waals surface area contributed by atoms with Gasteiger partial charge >= 0.3 is 0 Å². The summed E-state index contributed by atoms with van der Waals surface area (Å²) in [6.07, 6.45) is 3.50. The van der Waals surface area contributed by atoms with Gasteiger partial charge in [-0.3, -0.25) is 9.48 Å². The fraction of sp³-hybridized carbons (Fsp3) is 0.375. The number of fused-ring (bicyclic) bond motifs is 1. The highest BCUT2D eigenvalue weighted by molar-refractivity contribution is 5.90. The first-order valence-electron chi connectivity index (χ1n) is 7.04. The Balaban J connectivity index is 1.68. The lowest BCUT2D eigenvalue weighted by molar-refractivity contribution is -0.116. The molecule has 0 bridgehead atoms. The number of carbonyl (C=O) groups is 1. The highest BCUT2D eigenvalue weighted by atomic mass is 16.2. The van der Waals surface area contributed by atoms with Crippen LogP contribution in [0.15, 0.2) is 24.3 Å². The number of rotatable bonds is 3. The Morgan fingerprint density at radius 3 is 2.80 bits per heavy atom. The highest BCUT2D eigenvalue weighted by Crippen LogP contribution is 2.24. The number of anilines is 1. The third-order valence-corrected chi connectivity index (χ3v) is 3.78. The molecule has 0 unspecified atom stereocenters. The topological polar surface area (TPSA) is 46.9 Å². The van der Waals surface area contributed by atoms with Crippen molar-refractivity contribution in [3.05, 3.63) is 46.8 Å². The maximum atomic E-state index is 12.1. The van der Waals surface area contributed by atoms with E-state index >= 15 is 0 Å². The van der Waals surface area contributed by atoms with E-state index in [1.807, 2.05) is 26.0 Å². The van der Waals surface area contributed by atoms with Crippen molar-refractivity contribution in [3.8, 4) is 0 Å². The number of hydrogen-bond donors (Lipinski definition) is 1. The van der Waals surface area contributed by atoms with E-state index in [1.165, 1.54) is 17.5 Å². The van der Waals surface area contributed by atoms with Crippen LogP contribution in [0.4, 0.5) is 5.69 Å². The second kappa shape index (κ2) is 5.12. The average molecular weight is 269 g/mol. The molecule has 0 aliphatic heterocycles. The van der Waals surface area contributed by atoms with Crippen molar-refractivity contribution in [2.75, 3.05) is 5.32 Å². The van der Waals surface area contributed by atoms with E-state index < -0.39 is 0 Å². The van der Waals surface area contributed by atoms with E-state index in [0.717, 1.165) is 29.9 Å². The van der Waals surface area contributed by atoms with Gasteiger partial charge in [0.1, 0.15) is 6.54 Å². The first kappa shape index (κ1) is 12.9. The molecule has 1 amide bonds. The van der Waals surface area contributed by atoms with Gasteiger partial charge in [-0.15, -0.1) is 0 Å². The SMILES string of the molecule is Cc1cc(C)n(CC(=O)Nc2ccc3c(c2)CCC3)n1. The summed E-state index contributed by atoms with van der Waals surface area (Å²) in [6.45, 7) is 4.15. The number of carbonyl (C=O) groups excluding carboxylic acids is 1. The van der Waals surface area contributed by atoms with Crippen molar-refractivity contribution in [2.45, 2.75) is 39.7 Å². The zero-order valence-corrected chi connectivity index (χ0v) is 11.9. The molecule has 0 atom stereocenters. The van der Waals surface area contributed by atoms with Crippen LogP contribution in [0.5, 0.6) is 0 Å². The Kier molecular flexibility index (Phi) is 3.30. The van der Waals surface area contributed by atoms with Crippen molar-refractivity contribution in [1.29, 1.82) is 0 Å². The molecule has 0 fully saturated rings. The van der Waals surface area contributed by atoms with Gasteiger partial charge in [-0.05, 0) is 62.4 Å². The highest BCUT2D eigenvalue weighted by Gasteiger charge is 2.12. The second-order valence-electron chi connectivity index (χ2n) is 5.47. The standard InChI is InChI=1S/C16H19N3O/c1-11-8-12(2)19(18-11)10-16(20)17-15-7-6-13-4-3-5-14(13)9-15/h6-9H,3-5,10H2,1-2H3,(H,17,20). The molecule has 104 valence electrons. The summed E-state index contributed by atoms with van der Waals surface area (Å²) in [6, 6.07) is 8.19. The Morgan fingerprint density at radius 2 is 2.05 bits per heavy atom. The number of amides is 1. The van der Waals surface area contributed by atoms with Gasteiger partial charge in [0, 0.05) is 11.4 Å². The van der Waals surface area contributed by atoms with E-state index in [4.69, 9.17) is 0 Å². The van der Waals surface area contributed by atoms with Crippen LogP contribution in [0.1, 0.15) is 28.9 Å². The van der Waals surface area contributed by atoms with Gasteiger partial charge < -0.3 is 5.32 Å². The van der Waals surface area contributed by atoms with Gasteiger partial charge in [0.2, 0.25) is 5.91 Å². The van der Waals surface area contributed by atoms with Crippen LogP contribution in [0.3, 0.4) is 0 Å². The van der Waals surface area contributed by atoms with Crippen molar-refractivity contribution >= 4 is 11.6 Å². The Hall–Kier alpha value is -2.10. The summed E-state index contributed by atoms with van der Waals surface area (Å²) in [5, 5.41) is 7.26. The lowest BCUT2D eigenvalue weighted by atomic mass is 10.1. The number of aromatic nitrogens is 2. The molecule has 1 N–H and O–H groups in total. The lowest BCUT2D eigenvalue weighted by Gasteiger charge is -2.08. The summed E-state index contributed by atoms with van der Waals surface area (Å²) in [5.41, 5.74) is 5.62.